The van der Waals surface area contributed by atoms with Gasteiger partial charge in [-0.15, -0.1) is 11.8 Å². The van der Waals surface area contributed by atoms with Gasteiger partial charge in [0.15, 0.2) is 0 Å². The van der Waals surface area contributed by atoms with Gasteiger partial charge in [-0.2, -0.15) is 0 Å². The molecule has 4 nitrogen and oxygen atoms in total. The Morgan fingerprint density at radius 2 is 1.90 bits per heavy atom. The summed E-state index contributed by atoms with van der Waals surface area (Å²) in [4.78, 5) is 10.5. The van der Waals surface area contributed by atoms with Gasteiger partial charge in [0.05, 0.1) is 5.70 Å². The number of pyridine rings is 1. The molecule has 1 aliphatic rings. The Balaban J connectivity index is 1.87. The van der Waals surface area contributed by atoms with Crippen molar-refractivity contribution in [2.75, 3.05) is 5.75 Å². The molecule has 2 heterocycles. The van der Waals surface area contributed by atoms with E-state index < -0.39 is 5.79 Å². The van der Waals surface area contributed by atoms with E-state index in [9.17, 15) is 5.11 Å². The van der Waals surface area contributed by atoms with Gasteiger partial charge >= 0.3 is 0 Å². The zero-order valence-corrected chi connectivity index (χ0v) is 12.4. The van der Waals surface area contributed by atoms with Crippen molar-refractivity contribution in [1.82, 2.24) is 10.5 Å². The summed E-state index contributed by atoms with van der Waals surface area (Å²) in [6, 6.07) is 13.9. The number of aromatic nitrogens is 1. The van der Waals surface area contributed by atoms with Crippen LogP contribution in [0.2, 0.25) is 0 Å². The molecule has 0 bridgehead atoms. The fourth-order valence-corrected chi connectivity index (χ4v) is 3.14. The lowest BCUT2D eigenvalue weighted by atomic mass is 9.99. The number of nitrogens with zero attached hydrogens (tertiary/aromatic N) is 1. The number of hydroxylamine groups is 1. The van der Waals surface area contributed by atoms with E-state index in [0.717, 1.165) is 16.8 Å². The van der Waals surface area contributed by atoms with Crippen LogP contribution in [0.25, 0.3) is 5.57 Å². The van der Waals surface area contributed by atoms with Crippen molar-refractivity contribution in [1.29, 1.82) is 0 Å². The molecule has 1 unspecified atom stereocenters. The van der Waals surface area contributed by atoms with Gasteiger partial charge in [-0.05, 0) is 36.8 Å². The van der Waals surface area contributed by atoms with E-state index in [2.05, 4.69) is 22.6 Å². The van der Waals surface area contributed by atoms with Crippen LogP contribution in [0, 0.1) is 0 Å². The Kier molecular flexibility index (Phi) is 3.96. The monoisotopic (exact) mass is 300 g/mol. The van der Waals surface area contributed by atoms with Gasteiger partial charge < -0.3 is 5.11 Å². The number of nitrogens with one attached hydrogen (secondary N) is 1. The summed E-state index contributed by atoms with van der Waals surface area (Å²) in [5.41, 5.74) is 5.39. The first kappa shape index (κ1) is 14.1. The van der Waals surface area contributed by atoms with Gasteiger partial charge in [0, 0.05) is 28.6 Å². The van der Waals surface area contributed by atoms with E-state index in [-0.39, 0.29) is 0 Å². The fraction of sp³-hybridized carbons (Fsp3) is 0.188. The predicted molar refractivity (Wildman–Crippen MR) is 83.2 cm³/mol. The first-order valence-electron chi connectivity index (χ1n) is 6.65. The summed E-state index contributed by atoms with van der Waals surface area (Å²) < 4.78 is 0. The molecule has 0 saturated carbocycles. The second-order valence-electron chi connectivity index (χ2n) is 4.88. The highest BCUT2D eigenvalue weighted by atomic mass is 32.2. The van der Waals surface area contributed by atoms with Crippen molar-refractivity contribution in [3.8, 4) is 0 Å². The normalized spacial score (nSPS) is 21.4. The van der Waals surface area contributed by atoms with Crippen LogP contribution < -0.4 is 5.48 Å². The quantitative estimate of drug-likeness (QED) is 0.850. The third-order valence-corrected chi connectivity index (χ3v) is 4.27. The van der Waals surface area contributed by atoms with Gasteiger partial charge in [-0.3, -0.25) is 10.5 Å². The number of hydrogen-bond acceptors (Lipinski definition) is 5. The molecule has 1 aliphatic heterocycles. The zero-order chi connectivity index (χ0) is 14.7. The minimum atomic E-state index is -1.34. The van der Waals surface area contributed by atoms with Crippen molar-refractivity contribution >= 4 is 17.3 Å². The van der Waals surface area contributed by atoms with E-state index >= 15 is 0 Å². The molecule has 0 saturated heterocycles. The zero-order valence-electron chi connectivity index (χ0n) is 11.6. The topological polar surface area (TPSA) is 54.4 Å². The minimum absolute atomic E-state index is 0.692. The first-order valence-corrected chi connectivity index (χ1v) is 7.63. The Morgan fingerprint density at radius 3 is 2.62 bits per heavy atom. The first-order chi connectivity index (χ1) is 10.2. The summed E-state index contributed by atoms with van der Waals surface area (Å²) in [6.45, 7) is 1.63. The SMILES string of the molecule is CC1(O)ONC(CSc2ccccc2)=C1c1ccncc1. The predicted octanol–water partition coefficient (Wildman–Crippen LogP) is 2.83. The van der Waals surface area contributed by atoms with Crippen LogP contribution in [0.5, 0.6) is 0 Å². The third-order valence-electron chi connectivity index (χ3n) is 3.23. The van der Waals surface area contributed by atoms with Crippen LogP contribution in [0.4, 0.5) is 0 Å². The van der Waals surface area contributed by atoms with Crippen LogP contribution in [-0.2, 0) is 4.84 Å². The van der Waals surface area contributed by atoms with Crippen LogP contribution in [0.15, 0.2) is 65.5 Å². The summed E-state index contributed by atoms with van der Waals surface area (Å²) in [5.74, 6) is -0.647. The summed E-state index contributed by atoms with van der Waals surface area (Å²) >= 11 is 1.69. The lowest BCUT2D eigenvalue weighted by Crippen LogP contribution is -2.27. The van der Waals surface area contributed by atoms with Crippen molar-refractivity contribution in [3.63, 3.8) is 0 Å². The Morgan fingerprint density at radius 1 is 1.19 bits per heavy atom. The molecule has 108 valence electrons. The molecule has 0 spiro atoms. The van der Waals surface area contributed by atoms with Gasteiger partial charge in [0.2, 0.25) is 5.79 Å². The fourth-order valence-electron chi connectivity index (χ4n) is 2.28. The Bertz CT molecular complexity index is 642. The lowest BCUT2D eigenvalue weighted by Gasteiger charge is -2.18. The molecule has 0 radical (unpaired) electrons. The number of benzene rings is 1. The van der Waals surface area contributed by atoms with Crippen LogP contribution in [0.1, 0.15) is 12.5 Å². The molecular formula is C16H16N2O2S. The van der Waals surface area contributed by atoms with Gasteiger partial charge in [0.1, 0.15) is 0 Å². The molecule has 0 aliphatic carbocycles. The molecule has 1 aromatic heterocycles. The smallest absolute Gasteiger partial charge is 0.217 e. The molecule has 3 rings (SSSR count). The van der Waals surface area contributed by atoms with Crippen molar-refractivity contribution in [3.05, 3.63) is 66.1 Å². The maximum atomic E-state index is 10.4. The minimum Gasteiger partial charge on any atom is -0.360 e. The number of aliphatic hydroxyl groups is 1. The molecule has 1 atom stereocenters. The second kappa shape index (κ2) is 5.89. The van der Waals surface area contributed by atoms with Crippen molar-refractivity contribution in [2.24, 2.45) is 0 Å². The van der Waals surface area contributed by atoms with Gasteiger partial charge in [0.25, 0.3) is 0 Å². The maximum Gasteiger partial charge on any atom is 0.217 e. The van der Waals surface area contributed by atoms with Crippen molar-refractivity contribution < 1.29 is 9.94 Å². The second-order valence-corrected chi connectivity index (χ2v) is 5.93. The van der Waals surface area contributed by atoms with Crippen LogP contribution in [0.3, 0.4) is 0 Å². The maximum absolute atomic E-state index is 10.4. The van der Waals surface area contributed by atoms with Crippen LogP contribution >= 0.6 is 11.8 Å². The van der Waals surface area contributed by atoms with Crippen molar-refractivity contribution in [2.45, 2.75) is 17.6 Å². The highest BCUT2D eigenvalue weighted by molar-refractivity contribution is 7.99. The number of thioether (sulfide) groups is 1. The molecule has 1 aromatic carbocycles. The van der Waals surface area contributed by atoms with E-state index in [1.165, 1.54) is 4.90 Å². The molecule has 2 N–H and O–H groups in total. The summed E-state index contributed by atoms with van der Waals surface area (Å²) in [5, 5.41) is 10.4. The standard InChI is InChI=1S/C16H16N2O2S/c1-16(19)15(12-7-9-17-10-8-12)14(18-20-16)11-21-13-5-3-2-4-6-13/h2-10,18-19H,11H2,1H3. The highest BCUT2D eigenvalue weighted by Crippen LogP contribution is 2.36. The van der Waals surface area contributed by atoms with Gasteiger partial charge in [-0.1, -0.05) is 18.2 Å². The molecule has 21 heavy (non-hydrogen) atoms. The largest absolute Gasteiger partial charge is 0.360 e. The summed E-state index contributed by atoms with van der Waals surface area (Å²) in [6.07, 6.45) is 3.41. The average Bonchev–Trinajstić information content (AvgIpc) is 2.82. The molecular weight excluding hydrogens is 284 g/mol. The van der Waals surface area contributed by atoms with E-state index in [1.807, 2.05) is 30.3 Å². The molecule has 0 fully saturated rings. The molecule has 2 aromatic rings. The number of rotatable bonds is 4. The average molecular weight is 300 g/mol. The number of hydrogen-bond donors (Lipinski definition) is 2. The van der Waals surface area contributed by atoms with Gasteiger partial charge in [-0.25, -0.2) is 4.84 Å². The van der Waals surface area contributed by atoms with Crippen LogP contribution in [-0.4, -0.2) is 21.6 Å². The van der Waals surface area contributed by atoms with E-state index in [4.69, 9.17) is 4.84 Å². The Labute approximate surface area is 127 Å². The summed E-state index contributed by atoms with van der Waals surface area (Å²) in [7, 11) is 0. The molecule has 5 heteroatoms. The Hall–Kier alpha value is -1.82. The molecule has 0 amide bonds. The highest BCUT2D eigenvalue weighted by Gasteiger charge is 2.37. The van der Waals surface area contributed by atoms with E-state index in [0.29, 0.717) is 5.75 Å². The van der Waals surface area contributed by atoms with E-state index in [1.54, 1.807) is 31.1 Å². The lowest BCUT2D eigenvalue weighted by molar-refractivity contribution is -0.163. The third kappa shape index (κ3) is 3.10.